The Labute approximate surface area is 158 Å². The fraction of sp³-hybridized carbons (Fsp3) is 0.650. The van der Waals surface area contributed by atoms with Gasteiger partial charge in [0.15, 0.2) is 5.96 Å². The quantitative estimate of drug-likeness (QED) is 0.414. The molecule has 26 heavy (non-hydrogen) atoms. The molecule has 0 saturated carbocycles. The highest BCUT2D eigenvalue weighted by Crippen LogP contribution is 2.19. The van der Waals surface area contributed by atoms with Crippen LogP contribution >= 0.6 is 0 Å². The van der Waals surface area contributed by atoms with Crippen molar-refractivity contribution >= 4 is 5.96 Å². The van der Waals surface area contributed by atoms with Gasteiger partial charge in [-0.05, 0) is 37.8 Å². The highest BCUT2D eigenvalue weighted by Gasteiger charge is 2.07. The first-order valence-corrected chi connectivity index (χ1v) is 9.37. The summed E-state index contributed by atoms with van der Waals surface area (Å²) < 4.78 is 10.9. The van der Waals surface area contributed by atoms with Crippen molar-refractivity contribution in [2.45, 2.75) is 40.2 Å². The molecule has 6 nitrogen and oxygen atoms in total. The molecule has 148 valence electrons. The van der Waals surface area contributed by atoms with Crippen LogP contribution in [-0.2, 0) is 11.2 Å². The van der Waals surface area contributed by atoms with Gasteiger partial charge in [-0.2, -0.15) is 0 Å². The number of nitrogens with zero attached hydrogens (tertiary/aromatic N) is 1. The molecular formula is C20H35N3O3. The number of nitrogens with one attached hydrogen (secondary N) is 2. The molecule has 0 spiro atoms. The summed E-state index contributed by atoms with van der Waals surface area (Å²) in [4.78, 5) is 4.44. The number of aliphatic imine (C=N–C) groups is 1. The topological polar surface area (TPSA) is 75.1 Å². The van der Waals surface area contributed by atoms with Crippen LogP contribution in [0.2, 0.25) is 0 Å². The zero-order chi connectivity index (χ0) is 19.4. The van der Waals surface area contributed by atoms with Crippen molar-refractivity contribution < 1.29 is 14.6 Å². The Bertz CT molecular complexity index is 547. The van der Waals surface area contributed by atoms with Crippen molar-refractivity contribution in [1.29, 1.82) is 0 Å². The minimum Gasteiger partial charge on any atom is -0.496 e. The number of hydrogen-bond donors (Lipinski definition) is 3. The van der Waals surface area contributed by atoms with Gasteiger partial charge in [0, 0.05) is 19.7 Å². The third kappa shape index (κ3) is 9.06. The predicted molar refractivity (Wildman–Crippen MR) is 107 cm³/mol. The fourth-order valence-corrected chi connectivity index (χ4v) is 2.45. The van der Waals surface area contributed by atoms with Gasteiger partial charge in [-0.25, -0.2) is 0 Å². The summed E-state index contributed by atoms with van der Waals surface area (Å²) in [5, 5.41) is 16.5. The van der Waals surface area contributed by atoms with Crippen LogP contribution < -0.4 is 15.4 Å². The Hall–Kier alpha value is -1.79. The normalized spacial score (nSPS) is 13.0. The zero-order valence-corrected chi connectivity index (χ0v) is 16.8. The molecule has 1 aromatic rings. The smallest absolute Gasteiger partial charge is 0.191 e. The predicted octanol–water partition coefficient (Wildman–Crippen LogP) is 2.13. The van der Waals surface area contributed by atoms with Crippen LogP contribution in [0.25, 0.3) is 0 Å². The first kappa shape index (κ1) is 22.3. The van der Waals surface area contributed by atoms with Gasteiger partial charge in [-0.15, -0.1) is 0 Å². The standard InChI is InChI=1S/C20H35N3O3/c1-6-21-20(23-12-18(24)14-26-13-15(2)3)22-10-9-17-11-16(4)7-8-19(17)25-5/h7-8,11,15,18,24H,6,9-10,12-14H2,1-5H3,(H2,21,22,23). The van der Waals surface area contributed by atoms with E-state index in [1.54, 1.807) is 7.11 Å². The summed E-state index contributed by atoms with van der Waals surface area (Å²) in [6.45, 7) is 11.0. The third-order valence-electron chi connectivity index (χ3n) is 3.69. The summed E-state index contributed by atoms with van der Waals surface area (Å²) in [5.41, 5.74) is 2.38. The Morgan fingerprint density at radius 2 is 2.00 bits per heavy atom. The largest absolute Gasteiger partial charge is 0.496 e. The minimum atomic E-state index is -0.596. The molecular weight excluding hydrogens is 330 g/mol. The summed E-state index contributed by atoms with van der Waals surface area (Å²) in [6.07, 6.45) is 0.232. The Balaban J connectivity index is 2.48. The number of ether oxygens (including phenoxy) is 2. The van der Waals surface area contributed by atoms with Gasteiger partial charge in [0.05, 0.1) is 26.4 Å². The first-order valence-electron chi connectivity index (χ1n) is 9.37. The maximum Gasteiger partial charge on any atom is 0.191 e. The summed E-state index contributed by atoms with van der Waals surface area (Å²) in [5.74, 6) is 2.06. The van der Waals surface area contributed by atoms with E-state index in [0.717, 1.165) is 30.8 Å². The molecule has 0 aliphatic carbocycles. The van der Waals surface area contributed by atoms with Crippen LogP contribution in [0.4, 0.5) is 0 Å². The van der Waals surface area contributed by atoms with E-state index >= 15 is 0 Å². The molecule has 0 radical (unpaired) electrons. The molecule has 0 saturated heterocycles. The number of aliphatic hydroxyl groups is 1. The lowest BCUT2D eigenvalue weighted by Gasteiger charge is -2.15. The Kier molecular flexibility index (Phi) is 10.7. The van der Waals surface area contributed by atoms with Gasteiger partial charge < -0.3 is 25.2 Å². The highest BCUT2D eigenvalue weighted by molar-refractivity contribution is 5.79. The number of aliphatic hydroxyl groups excluding tert-OH is 1. The fourth-order valence-electron chi connectivity index (χ4n) is 2.45. The SMILES string of the molecule is CCNC(=NCC(O)COCC(C)C)NCCc1cc(C)ccc1OC. The zero-order valence-electron chi connectivity index (χ0n) is 16.8. The second-order valence-electron chi connectivity index (χ2n) is 6.80. The molecule has 1 rings (SSSR count). The minimum absolute atomic E-state index is 0.307. The average Bonchev–Trinajstić information content (AvgIpc) is 2.59. The Morgan fingerprint density at radius 3 is 2.65 bits per heavy atom. The van der Waals surface area contributed by atoms with E-state index in [1.165, 1.54) is 5.56 Å². The van der Waals surface area contributed by atoms with Gasteiger partial charge in [-0.3, -0.25) is 4.99 Å². The molecule has 0 aliphatic rings. The van der Waals surface area contributed by atoms with Crippen LogP contribution in [-0.4, -0.2) is 57.1 Å². The molecule has 1 unspecified atom stereocenters. The monoisotopic (exact) mass is 365 g/mol. The van der Waals surface area contributed by atoms with Crippen LogP contribution in [0, 0.1) is 12.8 Å². The summed E-state index contributed by atoms with van der Waals surface area (Å²) in [7, 11) is 1.69. The molecule has 0 heterocycles. The van der Waals surface area contributed by atoms with Crippen LogP contribution in [0.15, 0.2) is 23.2 Å². The van der Waals surface area contributed by atoms with Crippen molar-refractivity contribution in [1.82, 2.24) is 10.6 Å². The van der Waals surface area contributed by atoms with E-state index in [1.807, 2.05) is 19.1 Å². The molecule has 1 aromatic carbocycles. The summed E-state index contributed by atoms with van der Waals surface area (Å²) in [6, 6.07) is 6.18. The van der Waals surface area contributed by atoms with Crippen molar-refractivity contribution in [3.8, 4) is 5.75 Å². The highest BCUT2D eigenvalue weighted by atomic mass is 16.5. The molecule has 3 N–H and O–H groups in total. The number of guanidine groups is 1. The molecule has 0 aliphatic heterocycles. The van der Waals surface area contributed by atoms with Crippen molar-refractivity contribution in [3.63, 3.8) is 0 Å². The molecule has 0 fully saturated rings. The third-order valence-corrected chi connectivity index (χ3v) is 3.69. The summed E-state index contributed by atoms with van der Waals surface area (Å²) >= 11 is 0. The van der Waals surface area contributed by atoms with E-state index in [0.29, 0.717) is 31.6 Å². The molecule has 0 bridgehead atoms. The van der Waals surface area contributed by atoms with E-state index in [-0.39, 0.29) is 0 Å². The van der Waals surface area contributed by atoms with Gasteiger partial charge in [0.2, 0.25) is 0 Å². The molecule has 1 atom stereocenters. The van der Waals surface area contributed by atoms with Crippen molar-refractivity contribution in [2.75, 3.05) is 40.0 Å². The van der Waals surface area contributed by atoms with Crippen molar-refractivity contribution in [3.05, 3.63) is 29.3 Å². The maximum absolute atomic E-state index is 9.98. The van der Waals surface area contributed by atoms with Crippen LogP contribution in [0.5, 0.6) is 5.75 Å². The van der Waals surface area contributed by atoms with Gasteiger partial charge in [-0.1, -0.05) is 31.5 Å². The lowest BCUT2D eigenvalue weighted by molar-refractivity contribution is 0.0301. The molecule has 0 aromatic heterocycles. The van der Waals surface area contributed by atoms with E-state index in [9.17, 15) is 5.11 Å². The van der Waals surface area contributed by atoms with Crippen molar-refractivity contribution in [2.24, 2.45) is 10.9 Å². The molecule has 6 heteroatoms. The lowest BCUT2D eigenvalue weighted by Crippen LogP contribution is -2.39. The second-order valence-corrected chi connectivity index (χ2v) is 6.80. The number of aryl methyl sites for hydroxylation is 1. The van der Waals surface area contributed by atoms with E-state index < -0.39 is 6.10 Å². The number of hydrogen-bond acceptors (Lipinski definition) is 4. The van der Waals surface area contributed by atoms with E-state index in [4.69, 9.17) is 9.47 Å². The number of benzene rings is 1. The van der Waals surface area contributed by atoms with Gasteiger partial charge >= 0.3 is 0 Å². The molecule has 0 amide bonds. The lowest BCUT2D eigenvalue weighted by atomic mass is 10.1. The van der Waals surface area contributed by atoms with Crippen LogP contribution in [0.1, 0.15) is 31.9 Å². The maximum atomic E-state index is 9.98. The first-order chi connectivity index (χ1) is 12.5. The van der Waals surface area contributed by atoms with Crippen LogP contribution in [0.3, 0.4) is 0 Å². The van der Waals surface area contributed by atoms with Gasteiger partial charge in [0.1, 0.15) is 5.75 Å². The average molecular weight is 366 g/mol. The van der Waals surface area contributed by atoms with Gasteiger partial charge in [0.25, 0.3) is 0 Å². The Morgan fingerprint density at radius 1 is 1.23 bits per heavy atom. The second kappa shape index (κ2) is 12.5. The van der Waals surface area contributed by atoms with E-state index in [2.05, 4.69) is 42.5 Å². The number of methoxy groups -OCH3 is 1. The number of rotatable bonds is 11.